The predicted molar refractivity (Wildman–Crippen MR) is 53.4 cm³/mol. The van der Waals surface area contributed by atoms with Crippen LogP contribution in [0.3, 0.4) is 0 Å². The van der Waals surface area contributed by atoms with Gasteiger partial charge < -0.3 is 10.3 Å². The van der Waals surface area contributed by atoms with Gasteiger partial charge in [0.05, 0.1) is 5.56 Å². The van der Waals surface area contributed by atoms with Crippen molar-refractivity contribution in [2.75, 3.05) is 12.0 Å². The molecule has 1 aromatic carbocycles. The summed E-state index contributed by atoms with van der Waals surface area (Å²) in [4.78, 5) is 11.3. The van der Waals surface area contributed by atoms with Gasteiger partial charge in [0.1, 0.15) is 6.26 Å². The minimum absolute atomic E-state index is 0.246. The van der Waals surface area contributed by atoms with Crippen molar-refractivity contribution in [1.82, 2.24) is 0 Å². The number of benzene rings is 1. The Hall–Kier alpha value is -0.710. The Morgan fingerprint density at radius 1 is 1.62 bits per heavy atom. The summed E-state index contributed by atoms with van der Waals surface area (Å²) in [5.41, 5.74) is 6.02. The van der Waals surface area contributed by atoms with Gasteiger partial charge in [-0.25, -0.2) is 0 Å². The van der Waals surface area contributed by atoms with Crippen molar-refractivity contribution in [3.05, 3.63) is 23.8 Å². The lowest BCUT2D eigenvalue weighted by molar-refractivity contribution is 0.108. The van der Waals surface area contributed by atoms with Crippen LogP contribution in [-0.4, -0.2) is 16.1 Å². The molecule has 0 radical (unpaired) electrons. The quantitative estimate of drug-likeness (QED) is 0.463. The molecule has 0 heterocycles. The van der Waals surface area contributed by atoms with Crippen molar-refractivity contribution in [2.24, 2.45) is 0 Å². The molecule has 3 nitrogen and oxygen atoms in total. The summed E-state index contributed by atoms with van der Waals surface area (Å²) in [5, 5.41) is -0.606. The van der Waals surface area contributed by atoms with Gasteiger partial charge in [0, 0.05) is 11.8 Å². The molecule has 0 bridgehead atoms. The molecule has 0 saturated carbocycles. The Bertz CT molecular complexity index is 341. The third-order valence-corrected chi connectivity index (χ3v) is 2.69. The smallest absolute Gasteiger partial charge is 0.254 e. The van der Waals surface area contributed by atoms with Crippen LogP contribution in [0, 0.1) is 0 Å². The first kappa shape index (κ1) is 10.4. The molecule has 1 unspecified atom stereocenters. The number of rotatable bonds is 2. The van der Waals surface area contributed by atoms with E-state index in [0.29, 0.717) is 4.90 Å². The van der Waals surface area contributed by atoms with Crippen LogP contribution >= 0.6 is 11.6 Å². The summed E-state index contributed by atoms with van der Waals surface area (Å²) in [6, 6.07) is 4.54. The SMILES string of the molecule is C[S+]([O-])c1ccc(C(=O)Cl)c(N)c1. The standard InChI is InChI=1S/C8H8ClNO2S/c1-13(12)5-2-3-6(8(9)11)7(10)4-5/h2-4H,10H2,1H3. The fourth-order valence-corrected chi connectivity index (χ4v) is 1.62. The molecule has 0 aliphatic heterocycles. The molecule has 0 fully saturated rings. The van der Waals surface area contributed by atoms with Crippen LogP contribution < -0.4 is 5.73 Å². The Morgan fingerprint density at radius 2 is 2.23 bits per heavy atom. The normalized spacial score (nSPS) is 12.5. The van der Waals surface area contributed by atoms with Gasteiger partial charge in [0.2, 0.25) is 0 Å². The first-order chi connectivity index (χ1) is 6.02. The van der Waals surface area contributed by atoms with Crippen LogP contribution in [-0.2, 0) is 11.2 Å². The van der Waals surface area contributed by atoms with Crippen LogP contribution in [0.1, 0.15) is 10.4 Å². The van der Waals surface area contributed by atoms with Crippen molar-refractivity contribution in [3.8, 4) is 0 Å². The first-order valence-electron chi connectivity index (χ1n) is 3.45. The van der Waals surface area contributed by atoms with Crippen molar-refractivity contribution >= 4 is 33.7 Å². The average Bonchev–Trinajstić information content (AvgIpc) is 2.03. The van der Waals surface area contributed by atoms with E-state index >= 15 is 0 Å². The molecule has 70 valence electrons. The molecule has 0 aliphatic rings. The molecular formula is C8H8ClNO2S. The molecule has 1 aromatic rings. The molecule has 13 heavy (non-hydrogen) atoms. The number of halogens is 1. The summed E-state index contributed by atoms with van der Waals surface area (Å²) in [7, 11) is 0. The zero-order chi connectivity index (χ0) is 10.0. The van der Waals surface area contributed by atoms with Crippen LogP contribution in [0.25, 0.3) is 0 Å². The summed E-state index contributed by atoms with van der Waals surface area (Å²) < 4.78 is 11.0. The Labute approximate surface area is 84.1 Å². The number of carbonyl (C=O) groups excluding carboxylic acids is 1. The zero-order valence-electron chi connectivity index (χ0n) is 6.91. The summed E-state index contributed by atoms with van der Waals surface area (Å²) in [6.07, 6.45) is 1.54. The molecule has 5 heteroatoms. The van der Waals surface area contributed by atoms with E-state index in [-0.39, 0.29) is 11.3 Å². The van der Waals surface area contributed by atoms with E-state index in [9.17, 15) is 9.35 Å². The number of nitrogens with two attached hydrogens (primary N) is 1. The lowest BCUT2D eigenvalue weighted by Crippen LogP contribution is -2.02. The molecule has 0 saturated heterocycles. The van der Waals surface area contributed by atoms with Crippen molar-refractivity contribution < 1.29 is 9.35 Å². The van der Waals surface area contributed by atoms with Crippen molar-refractivity contribution in [3.63, 3.8) is 0 Å². The van der Waals surface area contributed by atoms with Gasteiger partial charge in [-0.2, -0.15) is 0 Å². The molecule has 0 aliphatic carbocycles. The molecule has 0 spiro atoms. The number of hydrogen-bond donors (Lipinski definition) is 1. The molecule has 1 rings (SSSR count). The van der Waals surface area contributed by atoms with E-state index < -0.39 is 16.4 Å². The highest BCUT2D eigenvalue weighted by Crippen LogP contribution is 2.19. The maximum atomic E-state index is 11.0. The molecule has 0 aromatic heterocycles. The Morgan fingerprint density at radius 3 is 2.62 bits per heavy atom. The lowest BCUT2D eigenvalue weighted by atomic mass is 10.2. The lowest BCUT2D eigenvalue weighted by Gasteiger charge is -2.06. The van der Waals surface area contributed by atoms with Gasteiger partial charge in [-0.15, -0.1) is 0 Å². The van der Waals surface area contributed by atoms with E-state index in [1.165, 1.54) is 18.4 Å². The second kappa shape index (κ2) is 4.00. The van der Waals surface area contributed by atoms with Crippen LogP contribution in [0.4, 0.5) is 5.69 Å². The monoisotopic (exact) mass is 217 g/mol. The average molecular weight is 218 g/mol. The molecule has 1 atom stereocenters. The highest BCUT2D eigenvalue weighted by atomic mass is 35.5. The Kier molecular flexibility index (Phi) is 3.19. The van der Waals surface area contributed by atoms with Gasteiger partial charge in [-0.1, -0.05) is 0 Å². The number of hydrogen-bond acceptors (Lipinski definition) is 3. The molecule has 0 amide bonds. The minimum Gasteiger partial charge on any atom is -0.612 e. The number of nitrogen functional groups attached to an aromatic ring is 1. The maximum Gasteiger partial charge on any atom is 0.254 e. The van der Waals surface area contributed by atoms with Gasteiger partial charge in [0.25, 0.3) is 5.24 Å². The highest BCUT2D eigenvalue weighted by Gasteiger charge is 2.10. The van der Waals surface area contributed by atoms with Crippen molar-refractivity contribution in [1.29, 1.82) is 0 Å². The largest absolute Gasteiger partial charge is 0.612 e. The topological polar surface area (TPSA) is 66.1 Å². The van der Waals surface area contributed by atoms with E-state index in [4.69, 9.17) is 17.3 Å². The van der Waals surface area contributed by atoms with E-state index in [0.717, 1.165) is 0 Å². The predicted octanol–water partition coefficient (Wildman–Crippen LogP) is 1.39. The number of carbonyl (C=O) groups is 1. The summed E-state index contributed by atoms with van der Waals surface area (Å²) in [6.45, 7) is 0. The molecular weight excluding hydrogens is 210 g/mol. The molecule has 2 N–H and O–H groups in total. The van der Waals surface area contributed by atoms with Gasteiger partial charge in [0.15, 0.2) is 4.90 Å². The second-order valence-electron chi connectivity index (χ2n) is 2.48. The first-order valence-corrected chi connectivity index (χ1v) is 5.38. The van der Waals surface area contributed by atoms with Crippen LogP contribution in [0.5, 0.6) is 0 Å². The van der Waals surface area contributed by atoms with Gasteiger partial charge >= 0.3 is 0 Å². The van der Waals surface area contributed by atoms with E-state index in [2.05, 4.69) is 0 Å². The fourth-order valence-electron chi connectivity index (χ4n) is 0.899. The third kappa shape index (κ3) is 2.37. The van der Waals surface area contributed by atoms with Crippen molar-refractivity contribution in [2.45, 2.75) is 4.90 Å². The second-order valence-corrected chi connectivity index (χ2v) is 4.20. The Balaban J connectivity index is 3.13. The van der Waals surface area contributed by atoms with Crippen LogP contribution in [0.2, 0.25) is 0 Å². The third-order valence-electron chi connectivity index (χ3n) is 1.57. The summed E-state index contributed by atoms with van der Waals surface area (Å²) in [5.74, 6) is 0. The van der Waals surface area contributed by atoms with Gasteiger partial charge in [-0.3, -0.25) is 4.79 Å². The summed E-state index contributed by atoms with van der Waals surface area (Å²) >= 11 is 4.15. The fraction of sp³-hybridized carbons (Fsp3) is 0.125. The van der Waals surface area contributed by atoms with Gasteiger partial charge in [-0.05, 0) is 34.9 Å². The van der Waals surface area contributed by atoms with E-state index in [1.54, 1.807) is 6.07 Å². The van der Waals surface area contributed by atoms with E-state index in [1.807, 2.05) is 0 Å². The minimum atomic E-state index is -1.10. The maximum absolute atomic E-state index is 11.0. The zero-order valence-corrected chi connectivity index (χ0v) is 8.48. The van der Waals surface area contributed by atoms with Crippen LogP contribution in [0.15, 0.2) is 23.1 Å². The number of anilines is 1. The highest BCUT2D eigenvalue weighted by molar-refractivity contribution is 7.90.